The van der Waals surface area contributed by atoms with E-state index in [-0.39, 0.29) is 0 Å². The molecule has 1 rings (SSSR count). The standard InChI is InChI=1S/C12H21N3/c1-10-4-12(7-14-6-10)9-15(3)8-11(2)5-13/h4,6-7,11H,5,8-9,13H2,1-3H3. The fraction of sp³-hybridized carbons (Fsp3) is 0.583. The van der Waals surface area contributed by atoms with Crippen LogP contribution in [0.25, 0.3) is 0 Å². The molecule has 0 radical (unpaired) electrons. The van der Waals surface area contributed by atoms with Crippen LogP contribution in [0.1, 0.15) is 18.1 Å². The first kappa shape index (κ1) is 12.1. The Bertz CT molecular complexity index is 299. The molecule has 1 aromatic rings. The number of aryl methyl sites for hydroxylation is 1. The van der Waals surface area contributed by atoms with Crippen LogP contribution in [0.3, 0.4) is 0 Å². The lowest BCUT2D eigenvalue weighted by Gasteiger charge is -2.20. The predicted octanol–water partition coefficient (Wildman–Crippen LogP) is 1.42. The van der Waals surface area contributed by atoms with Crippen LogP contribution in [0.4, 0.5) is 0 Å². The van der Waals surface area contributed by atoms with Gasteiger partial charge in [-0.3, -0.25) is 4.98 Å². The lowest BCUT2D eigenvalue weighted by molar-refractivity contribution is 0.281. The fourth-order valence-corrected chi connectivity index (χ4v) is 1.69. The normalized spacial score (nSPS) is 13.1. The molecule has 0 saturated heterocycles. The van der Waals surface area contributed by atoms with Gasteiger partial charge < -0.3 is 10.6 Å². The summed E-state index contributed by atoms with van der Waals surface area (Å²) in [7, 11) is 2.12. The highest BCUT2D eigenvalue weighted by Crippen LogP contribution is 2.05. The Morgan fingerprint density at radius 2 is 2.20 bits per heavy atom. The van der Waals surface area contributed by atoms with Gasteiger partial charge in [-0.25, -0.2) is 0 Å². The molecule has 84 valence electrons. The minimum atomic E-state index is 0.549. The molecule has 3 heteroatoms. The molecule has 0 spiro atoms. The number of pyridine rings is 1. The van der Waals surface area contributed by atoms with E-state index in [0.717, 1.165) is 19.6 Å². The van der Waals surface area contributed by atoms with E-state index in [1.54, 1.807) is 0 Å². The van der Waals surface area contributed by atoms with E-state index < -0.39 is 0 Å². The number of rotatable bonds is 5. The second kappa shape index (κ2) is 5.83. The minimum absolute atomic E-state index is 0.549. The van der Waals surface area contributed by atoms with Gasteiger partial charge in [-0.15, -0.1) is 0 Å². The van der Waals surface area contributed by atoms with Crippen LogP contribution >= 0.6 is 0 Å². The Labute approximate surface area is 92.3 Å². The van der Waals surface area contributed by atoms with Crippen LogP contribution in [0, 0.1) is 12.8 Å². The highest BCUT2D eigenvalue weighted by atomic mass is 15.1. The molecule has 0 saturated carbocycles. The maximum Gasteiger partial charge on any atom is 0.0313 e. The molecule has 1 heterocycles. The first-order valence-corrected chi connectivity index (χ1v) is 5.41. The summed E-state index contributed by atoms with van der Waals surface area (Å²) < 4.78 is 0. The second-order valence-corrected chi connectivity index (χ2v) is 4.41. The van der Waals surface area contributed by atoms with Gasteiger partial charge >= 0.3 is 0 Å². The third kappa shape index (κ3) is 4.40. The third-order valence-corrected chi connectivity index (χ3v) is 2.41. The van der Waals surface area contributed by atoms with Gasteiger partial charge in [0.25, 0.3) is 0 Å². The summed E-state index contributed by atoms with van der Waals surface area (Å²) in [6.07, 6.45) is 3.81. The van der Waals surface area contributed by atoms with E-state index in [0.29, 0.717) is 5.92 Å². The SMILES string of the molecule is Cc1cncc(CN(C)CC(C)CN)c1. The summed E-state index contributed by atoms with van der Waals surface area (Å²) in [6.45, 7) is 6.96. The van der Waals surface area contributed by atoms with Crippen molar-refractivity contribution in [3.05, 3.63) is 29.6 Å². The summed E-state index contributed by atoms with van der Waals surface area (Å²) >= 11 is 0. The van der Waals surface area contributed by atoms with Crippen LogP contribution in [0.5, 0.6) is 0 Å². The van der Waals surface area contributed by atoms with E-state index in [1.807, 2.05) is 12.4 Å². The van der Waals surface area contributed by atoms with Gasteiger partial charge in [0.2, 0.25) is 0 Å². The van der Waals surface area contributed by atoms with E-state index in [2.05, 4.69) is 36.8 Å². The maximum absolute atomic E-state index is 5.60. The summed E-state index contributed by atoms with van der Waals surface area (Å²) in [5, 5.41) is 0. The van der Waals surface area contributed by atoms with Crippen molar-refractivity contribution in [2.75, 3.05) is 20.1 Å². The lowest BCUT2D eigenvalue weighted by atomic mass is 10.1. The van der Waals surface area contributed by atoms with Crippen LogP contribution in [0.15, 0.2) is 18.5 Å². The zero-order valence-corrected chi connectivity index (χ0v) is 9.90. The first-order chi connectivity index (χ1) is 7.11. The van der Waals surface area contributed by atoms with Gasteiger partial charge in [0.15, 0.2) is 0 Å². The van der Waals surface area contributed by atoms with Crippen LogP contribution in [-0.2, 0) is 6.54 Å². The smallest absolute Gasteiger partial charge is 0.0313 e. The largest absolute Gasteiger partial charge is 0.330 e. The van der Waals surface area contributed by atoms with Gasteiger partial charge in [-0.1, -0.05) is 13.0 Å². The second-order valence-electron chi connectivity index (χ2n) is 4.41. The van der Waals surface area contributed by atoms with Crippen molar-refractivity contribution in [3.63, 3.8) is 0 Å². The van der Waals surface area contributed by atoms with E-state index in [9.17, 15) is 0 Å². The lowest BCUT2D eigenvalue weighted by Crippen LogP contribution is -2.28. The minimum Gasteiger partial charge on any atom is -0.330 e. The molecule has 0 amide bonds. The van der Waals surface area contributed by atoms with E-state index in [4.69, 9.17) is 5.73 Å². The Kier molecular flexibility index (Phi) is 4.72. The van der Waals surface area contributed by atoms with Crippen LogP contribution < -0.4 is 5.73 Å². The number of hydrogen-bond donors (Lipinski definition) is 1. The molecule has 2 N–H and O–H groups in total. The molecular weight excluding hydrogens is 186 g/mol. The topological polar surface area (TPSA) is 42.2 Å². The zero-order chi connectivity index (χ0) is 11.3. The number of hydrogen-bond acceptors (Lipinski definition) is 3. The van der Waals surface area contributed by atoms with Crippen LogP contribution in [-0.4, -0.2) is 30.0 Å². The molecule has 0 aliphatic rings. The zero-order valence-electron chi connectivity index (χ0n) is 9.90. The Morgan fingerprint density at radius 3 is 2.80 bits per heavy atom. The quantitative estimate of drug-likeness (QED) is 0.794. The van der Waals surface area contributed by atoms with Crippen molar-refractivity contribution in [3.8, 4) is 0 Å². The summed E-state index contributed by atoms with van der Waals surface area (Å²) in [4.78, 5) is 6.47. The average Bonchev–Trinajstić information content (AvgIpc) is 2.17. The first-order valence-electron chi connectivity index (χ1n) is 5.41. The molecule has 3 nitrogen and oxygen atoms in total. The fourth-order valence-electron chi connectivity index (χ4n) is 1.69. The molecule has 0 aliphatic heterocycles. The molecular formula is C12H21N3. The van der Waals surface area contributed by atoms with Gasteiger partial charge in [-0.2, -0.15) is 0 Å². The van der Waals surface area contributed by atoms with Crippen molar-refractivity contribution in [1.82, 2.24) is 9.88 Å². The molecule has 15 heavy (non-hydrogen) atoms. The van der Waals surface area contributed by atoms with Crippen molar-refractivity contribution < 1.29 is 0 Å². The molecule has 0 aromatic carbocycles. The van der Waals surface area contributed by atoms with Gasteiger partial charge in [0.1, 0.15) is 0 Å². The van der Waals surface area contributed by atoms with Crippen molar-refractivity contribution in [2.24, 2.45) is 11.7 Å². The molecule has 1 unspecified atom stereocenters. The van der Waals surface area contributed by atoms with Gasteiger partial charge in [-0.05, 0) is 37.6 Å². The van der Waals surface area contributed by atoms with Gasteiger partial charge in [0.05, 0.1) is 0 Å². The summed E-state index contributed by atoms with van der Waals surface area (Å²) in [5.74, 6) is 0.549. The van der Waals surface area contributed by atoms with Crippen molar-refractivity contribution in [2.45, 2.75) is 20.4 Å². The van der Waals surface area contributed by atoms with Crippen molar-refractivity contribution in [1.29, 1.82) is 0 Å². The van der Waals surface area contributed by atoms with Gasteiger partial charge in [0, 0.05) is 25.5 Å². The highest BCUT2D eigenvalue weighted by molar-refractivity contribution is 5.16. The molecule has 0 fully saturated rings. The molecule has 0 aliphatic carbocycles. The number of nitrogens with two attached hydrogens (primary N) is 1. The average molecular weight is 207 g/mol. The molecule has 1 aromatic heterocycles. The third-order valence-electron chi connectivity index (χ3n) is 2.41. The number of aromatic nitrogens is 1. The van der Waals surface area contributed by atoms with E-state index in [1.165, 1.54) is 11.1 Å². The summed E-state index contributed by atoms with van der Waals surface area (Å²) in [6, 6.07) is 2.18. The Hall–Kier alpha value is -0.930. The monoisotopic (exact) mass is 207 g/mol. The maximum atomic E-state index is 5.60. The predicted molar refractivity (Wildman–Crippen MR) is 63.5 cm³/mol. The molecule has 1 atom stereocenters. The summed E-state index contributed by atoms with van der Waals surface area (Å²) in [5.41, 5.74) is 8.08. The Balaban J connectivity index is 2.47. The molecule has 0 bridgehead atoms. The van der Waals surface area contributed by atoms with Crippen LogP contribution in [0.2, 0.25) is 0 Å². The highest BCUT2D eigenvalue weighted by Gasteiger charge is 2.05. The Morgan fingerprint density at radius 1 is 1.47 bits per heavy atom. The van der Waals surface area contributed by atoms with E-state index >= 15 is 0 Å². The van der Waals surface area contributed by atoms with Crippen molar-refractivity contribution >= 4 is 0 Å². The number of nitrogens with zero attached hydrogens (tertiary/aromatic N) is 2.